The average molecular weight is 444 g/mol. The smallest absolute Gasteiger partial charge is 0.412 e. The molecular formula is C25H37N3O4. The number of anilines is 1. The Bertz CT molecular complexity index is 847. The van der Waals surface area contributed by atoms with Crippen LogP contribution in [0.5, 0.6) is 5.75 Å². The van der Waals surface area contributed by atoms with Crippen molar-refractivity contribution in [2.75, 3.05) is 26.0 Å². The number of ketones is 1. The van der Waals surface area contributed by atoms with E-state index in [-0.39, 0.29) is 5.78 Å². The molecule has 0 fully saturated rings. The maximum atomic E-state index is 12.3. The standard InChI is InChI=1S/C22H31N3O4.C3H6/c1-8-23-19(20(26)12-13-25(6)7)14-16(2)28-18-11-9-10-17(15-18)24-21(27)29-22(3,4)5;1-3-2/h9-15H,8H2,1-7H3,(H,24,27);3H,1H2,2H3/b13-12+,16-14+,23-19?;. The number of allylic oxidation sites excluding steroid dienone is 4. The van der Waals surface area contributed by atoms with Gasteiger partial charge in [0.25, 0.3) is 0 Å². The second-order valence-electron chi connectivity index (χ2n) is 7.92. The fourth-order valence-corrected chi connectivity index (χ4v) is 2.13. The van der Waals surface area contributed by atoms with Gasteiger partial charge in [-0.3, -0.25) is 15.1 Å². The molecule has 176 valence electrons. The SMILES string of the molecule is C=CC.CCN=C(/C=C(\C)Oc1cccc(NC(=O)OC(C)(C)C)c1)C(=O)/C=C/N(C)C. The van der Waals surface area contributed by atoms with E-state index in [0.29, 0.717) is 29.5 Å². The third-order valence-corrected chi connectivity index (χ3v) is 3.20. The summed E-state index contributed by atoms with van der Waals surface area (Å²) in [7, 11) is 3.67. The molecule has 1 rings (SSSR count). The Kier molecular flexibility index (Phi) is 13.1. The maximum absolute atomic E-state index is 12.3. The van der Waals surface area contributed by atoms with Crippen LogP contribution in [0, 0.1) is 0 Å². The van der Waals surface area contributed by atoms with Gasteiger partial charge in [0.15, 0.2) is 0 Å². The lowest BCUT2D eigenvalue weighted by Crippen LogP contribution is -2.27. The molecule has 0 heterocycles. The molecule has 0 aliphatic heterocycles. The van der Waals surface area contributed by atoms with Crippen LogP contribution < -0.4 is 10.1 Å². The van der Waals surface area contributed by atoms with E-state index in [1.165, 1.54) is 6.08 Å². The third-order valence-electron chi connectivity index (χ3n) is 3.20. The molecule has 0 unspecified atom stereocenters. The Hall–Kier alpha value is -3.35. The van der Waals surface area contributed by atoms with Crippen molar-refractivity contribution in [3.8, 4) is 5.75 Å². The number of hydrogen-bond donors (Lipinski definition) is 1. The van der Waals surface area contributed by atoms with Gasteiger partial charge in [0.2, 0.25) is 5.78 Å². The van der Waals surface area contributed by atoms with Gasteiger partial charge in [0.05, 0.1) is 0 Å². The molecule has 0 bridgehead atoms. The van der Waals surface area contributed by atoms with Gasteiger partial charge in [-0.2, -0.15) is 0 Å². The quantitative estimate of drug-likeness (QED) is 0.244. The van der Waals surface area contributed by atoms with E-state index < -0.39 is 11.7 Å². The number of rotatable bonds is 8. The molecule has 0 aliphatic carbocycles. The summed E-state index contributed by atoms with van der Waals surface area (Å²) in [6.07, 6.45) is 5.94. The highest BCUT2D eigenvalue weighted by molar-refractivity contribution is 6.48. The number of amides is 1. The summed E-state index contributed by atoms with van der Waals surface area (Å²) in [5.74, 6) is 0.807. The van der Waals surface area contributed by atoms with Crippen molar-refractivity contribution in [3.63, 3.8) is 0 Å². The molecule has 0 spiro atoms. The number of carbonyl (C=O) groups excluding carboxylic acids is 2. The van der Waals surface area contributed by atoms with E-state index >= 15 is 0 Å². The van der Waals surface area contributed by atoms with E-state index in [4.69, 9.17) is 9.47 Å². The molecule has 7 nitrogen and oxygen atoms in total. The van der Waals surface area contributed by atoms with E-state index in [1.807, 2.05) is 27.9 Å². The van der Waals surface area contributed by atoms with Gasteiger partial charge in [-0.15, -0.1) is 6.58 Å². The lowest BCUT2D eigenvalue weighted by molar-refractivity contribution is -0.108. The molecule has 1 aromatic rings. The number of ether oxygens (including phenoxy) is 2. The number of nitrogens with one attached hydrogen (secondary N) is 1. The molecule has 0 atom stereocenters. The molecule has 0 saturated carbocycles. The first-order valence-electron chi connectivity index (χ1n) is 10.4. The minimum Gasteiger partial charge on any atom is -0.462 e. The molecule has 1 N–H and O–H groups in total. The maximum Gasteiger partial charge on any atom is 0.412 e. The van der Waals surface area contributed by atoms with Crippen LogP contribution in [0.4, 0.5) is 10.5 Å². The molecule has 7 heteroatoms. The van der Waals surface area contributed by atoms with Crippen molar-refractivity contribution in [2.24, 2.45) is 4.99 Å². The molecule has 1 amide bonds. The van der Waals surface area contributed by atoms with Gasteiger partial charge >= 0.3 is 6.09 Å². The second kappa shape index (κ2) is 14.6. The monoisotopic (exact) mass is 443 g/mol. The first-order chi connectivity index (χ1) is 14.9. The van der Waals surface area contributed by atoms with Crippen molar-refractivity contribution >= 4 is 23.3 Å². The van der Waals surface area contributed by atoms with Crippen LogP contribution in [0.2, 0.25) is 0 Å². The number of benzene rings is 1. The van der Waals surface area contributed by atoms with Crippen molar-refractivity contribution in [1.82, 2.24) is 4.90 Å². The zero-order valence-electron chi connectivity index (χ0n) is 20.6. The van der Waals surface area contributed by atoms with E-state index in [0.717, 1.165) is 0 Å². The van der Waals surface area contributed by atoms with Gasteiger partial charge in [-0.05, 0) is 53.7 Å². The molecule has 1 aromatic carbocycles. The molecule has 0 radical (unpaired) electrons. The van der Waals surface area contributed by atoms with Gasteiger partial charge in [-0.1, -0.05) is 12.1 Å². The van der Waals surface area contributed by atoms with Gasteiger partial charge < -0.3 is 14.4 Å². The van der Waals surface area contributed by atoms with Crippen molar-refractivity contribution in [3.05, 3.63) is 61.0 Å². The first-order valence-corrected chi connectivity index (χ1v) is 10.4. The fourth-order valence-electron chi connectivity index (χ4n) is 2.13. The zero-order valence-corrected chi connectivity index (χ0v) is 20.6. The Morgan fingerprint density at radius 2 is 1.88 bits per heavy atom. The fraction of sp³-hybridized carbons (Fsp3) is 0.400. The molecule has 0 aliphatic rings. The summed E-state index contributed by atoms with van der Waals surface area (Å²) in [4.78, 5) is 30.2. The summed E-state index contributed by atoms with van der Waals surface area (Å²) in [5, 5.41) is 2.67. The van der Waals surface area contributed by atoms with E-state index in [9.17, 15) is 9.59 Å². The minimum absolute atomic E-state index is 0.205. The first kappa shape index (κ1) is 28.6. The Labute approximate surface area is 192 Å². The van der Waals surface area contributed by atoms with Crippen molar-refractivity contribution in [2.45, 2.75) is 47.1 Å². The zero-order chi connectivity index (χ0) is 24.7. The van der Waals surface area contributed by atoms with Crippen LogP contribution in [-0.4, -0.2) is 48.7 Å². The average Bonchev–Trinajstić information content (AvgIpc) is 2.65. The number of carbonyl (C=O) groups is 2. The summed E-state index contributed by atoms with van der Waals surface area (Å²) in [5.41, 5.74) is 0.267. The predicted octanol–water partition coefficient (Wildman–Crippen LogP) is 5.61. The van der Waals surface area contributed by atoms with Gasteiger partial charge in [0, 0.05) is 50.7 Å². The highest BCUT2D eigenvalue weighted by Crippen LogP contribution is 2.20. The molecule has 0 aromatic heterocycles. The Morgan fingerprint density at radius 3 is 2.41 bits per heavy atom. The predicted molar refractivity (Wildman–Crippen MR) is 132 cm³/mol. The summed E-state index contributed by atoms with van der Waals surface area (Å²) in [6.45, 7) is 14.7. The summed E-state index contributed by atoms with van der Waals surface area (Å²) < 4.78 is 11.0. The van der Waals surface area contributed by atoms with E-state index in [1.54, 1.807) is 75.2 Å². The Morgan fingerprint density at radius 1 is 1.25 bits per heavy atom. The van der Waals surface area contributed by atoms with Crippen LogP contribution in [0.25, 0.3) is 0 Å². The summed E-state index contributed by atoms with van der Waals surface area (Å²) >= 11 is 0. The largest absolute Gasteiger partial charge is 0.462 e. The van der Waals surface area contributed by atoms with Crippen molar-refractivity contribution in [1.29, 1.82) is 0 Å². The van der Waals surface area contributed by atoms with Crippen molar-refractivity contribution < 1.29 is 19.1 Å². The van der Waals surface area contributed by atoms with Gasteiger partial charge in [-0.25, -0.2) is 4.79 Å². The lowest BCUT2D eigenvalue weighted by Gasteiger charge is -2.19. The van der Waals surface area contributed by atoms with Crippen LogP contribution in [-0.2, 0) is 9.53 Å². The van der Waals surface area contributed by atoms with Crippen LogP contribution in [0.3, 0.4) is 0 Å². The van der Waals surface area contributed by atoms with Gasteiger partial charge in [0.1, 0.15) is 22.8 Å². The molecule has 0 saturated heterocycles. The van der Waals surface area contributed by atoms with Crippen LogP contribution in [0.15, 0.2) is 66.0 Å². The van der Waals surface area contributed by atoms with Crippen LogP contribution >= 0.6 is 0 Å². The molecular weight excluding hydrogens is 406 g/mol. The number of aliphatic imine (C=N–C) groups is 1. The highest BCUT2D eigenvalue weighted by Gasteiger charge is 2.16. The topological polar surface area (TPSA) is 80.2 Å². The third kappa shape index (κ3) is 13.8. The number of hydrogen-bond acceptors (Lipinski definition) is 6. The number of nitrogens with zero attached hydrogens (tertiary/aromatic N) is 2. The summed E-state index contributed by atoms with van der Waals surface area (Å²) in [6, 6.07) is 6.91. The second-order valence-corrected chi connectivity index (χ2v) is 7.92. The van der Waals surface area contributed by atoms with Crippen LogP contribution in [0.1, 0.15) is 41.5 Å². The van der Waals surface area contributed by atoms with E-state index in [2.05, 4.69) is 16.9 Å². The molecule has 32 heavy (non-hydrogen) atoms. The Balaban J connectivity index is 0.00000302. The highest BCUT2D eigenvalue weighted by atomic mass is 16.6. The normalized spacial score (nSPS) is 11.9. The minimum atomic E-state index is -0.583. The lowest BCUT2D eigenvalue weighted by atomic mass is 10.2.